The average Bonchev–Trinajstić information content (AvgIpc) is 2.87. The van der Waals surface area contributed by atoms with E-state index in [0.29, 0.717) is 12.8 Å². The van der Waals surface area contributed by atoms with Crippen LogP contribution in [0.15, 0.2) is 47.4 Å². The highest BCUT2D eigenvalue weighted by molar-refractivity contribution is 7.89. The lowest BCUT2D eigenvalue weighted by molar-refractivity contribution is -0.116. The van der Waals surface area contributed by atoms with E-state index in [4.69, 9.17) is 0 Å². The van der Waals surface area contributed by atoms with Crippen molar-refractivity contribution in [3.63, 3.8) is 0 Å². The molecule has 130 valence electrons. The standard InChI is InChI=1S/C19H20N2O3S/c22-19-7-3-6-15-12-17(8-9-18(15)20-19)25(23,24)21-16-10-13-4-1-2-5-14(13)11-16/h1-2,4-5,8-9,12,16,21H,3,6-7,10-11H2,(H,20,22). The molecule has 0 fully saturated rings. The van der Waals surface area contributed by atoms with Crippen LogP contribution in [-0.2, 0) is 34.1 Å². The Morgan fingerprint density at radius 3 is 2.40 bits per heavy atom. The maximum atomic E-state index is 12.8. The summed E-state index contributed by atoms with van der Waals surface area (Å²) in [5, 5.41) is 2.83. The Labute approximate surface area is 147 Å². The molecule has 0 bridgehead atoms. The van der Waals surface area contributed by atoms with Crippen LogP contribution < -0.4 is 10.0 Å². The zero-order valence-electron chi connectivity index (χ0n) is 13.8. The number of carbonyl (C=O) groups is 1. The number of nitrogens with one attached hydrogen (secondary N) is 2. The maximum absolute atomic E-state index is 12.8. The van der Waals surface area contributed by atoms with E-state index in [1.165, 1.54) is 11.1 Å². The summed E-state index contributed by atoms with van der Waals surface area (Å²) in [5.41, 5.74) is 4.01. The highest BCUT2D eigenvalue weighted by Crippen LogP contribution is 2.27. The third-order valence-electron chi connectivity index (χ3n) is 4.88. The molecule has 0 spiro atoms. The van der Waals surface area contributed by atoms with Crippen molar-refractivity contribution in [2.45, 2.75) is 43.0 Å². The molecule has 2 aromatic rings. The number of rotatable bonds is 3. The Morgan fingerprint density at radius 1 is 0.960 bits per heavy atom. The summed E-state index contributed by atoms with van der Waals surface area (Å²) in [7, 11) is -3.58. The normalized spacial score (nSPS) is 17.5. The van der Waals surface area contributed by atoms with Gasteiger partial charge in [0.05, 0.1) is 4.90 Å². The van der Waals surface area contributed by atoms with Gasteiger partial charge in [-0.1, -0.05) is 24.3 Å². The van der Waals surface area contributed by atoms with Crippen LogP contribution in [0.2, 0.25) is 0 Å². The highest BCUT2D eigenvalue weighted by Gasteiger charge is 2.27. The van der Waals surface area contributed by atoms with E-state index in [-0.39, 0.29) is 16.8 Å². The summed E-state index contributed by atoms with van der Waals surface area (Å²) in [6.07, 6.45) is 3.34. The second-order valence-electron chi connectivity index (χ2n) is 6.72. The van der Waals surface area contributed by atoms with E-state index in [9.17, 15) is 13.2 Å². The molecule has 0 atom stereocenters. The Hall–Kier alpha value is -2.18. The second-order valence-corrected chi connectivity index (χ2v) is 8.43. The Bertz CT molecular complexity index is 912. The molecule has 4 rings (SSSR count). The van der Waals surface area contributed by atoms with Crippen molar-refractivity contribution in [3.8, 4) is 0 Å². The lowest BCUT2D eigenvalue weighted by atomic mass is 10.1. The maximum Gasteiger partial charge on any atom is 0.240 e. The van der Waals surface area contributed by atoms with Crippen LogP contribution in [0.25, 0.3) is 0 Å². The first-order valence-electron chi connectivity index (χ1n) is 8.53. The van der Waals surface area contributed by atoms with E-state index < -0.39 is 10.0 Å². The van der Waals surface area contributed by atoms with Gasteiger partial charge in [0, 0.05) is 18.2 Å². The third kappa shape index (κ3) is 3.32. The molecule has 0 unspecified atom stereocenters. The average molecular weight is 356 g/mol. The fourth-order valence-corrected chi connectivity index (χ4v) is 4.93. The molecule has 1 heterocycles. The quantitative estimate of drug-likeness (QED) is 0.887. The number of amides is 1. The molecule has 1 aliphatic heterocycles. The number of benzene rings is 2. The molecular weight excluding hydrogens is 336 g/mol. The van der Waals surface area contributed by atoms with Gasteiger partial charge in [-0.3, -0.25) is 4.79 Å². The van der Waals surface area contributed by atoms with Crippen LogP contribution >= 0.6 is 0 Å². The molecule has 0 aromatic heterocycles. The molecule has 0 saturated heterocycles. The molecule has 25 heavy (non-hydrogen) atoms. The first-order valence-corrected chi connectivity index (χ1v) is 10.0. The summed E-state index contributed by atoms with van der Waals surface area (Å²) in [4.78, 5) is 11.9. The molecule has 1 amide bonds. The fourth-order valence-electron chi connectivity index (χ4n) is 3.65. The van der Waals surface area contributed by atoms with Gasteiger partial charge in [0.15, 0.2) is 0 Å². The van der Waals surface area contributed by atoms with E-state index in [0.717, 1.165) is 30.5 Å². The molecule has 1 aliphatic carbocycles. The third-order valence-corrected chi connectivity index (χ3v) is 6.40. The molecule has 6 heteroatoms. The summed E-state index contributed by atoms with van der Waals surface area (Å²) in [6, 6.07) is 12.9. The van der Waals surface area contributed by atoms with Gasteiger partial charge >= 0.3 is 0 Å². The van der Waals surface area contributed by atoms with Crippen LogP contribution in [0.5, 0.6) is 0 Å². The van der Waals surface area contributed by atoms with E-state index in [1.54, 1.807) is 18.2 Å². The molecule has 0 saturated carbocycles. The van der Waals surface area contributed by atoms with Crippen LogP contribution in [0, 0.1) is 0 Å². The van der Waals surface area contributed by atoms with Crippen molar-refractivity contribution < 1.29 is 13.2 Å². The van der Waals surface area contributed by atoms with Crippen LogP contribution in [0.4, 0.5) is 5.69 Å². The SMILES string of the molecule is O=C1CCCc2cc(S(=O)(=O)NC3Cc4ccccc4C3)ccc2N1. The van der Waals surface area contributed by atoms with Crippen LogP contribution in [0.1, 0.15) is 29.5 Å². The number of fused-ring (bicyclic) bond motifs is 2. The number of hydrogen-bond acceptors (Lipinski definition) is 3. The van der Waals surface area contributed by atoms with Crippen LogP contribution in [-0.4, -0.2) is 20.4 Å². The Morgan fingerprint density at radius 2 is 1.68 bits per heavy atom. The molecule has 2 N–H and O–H groups in total. The number of aryl methyl sites for hydroxylation is 1. The minimum absolute atomic E-state index is 0.0174. The predicted octanol–water partition coefficient (Wildman–Crippen LogP) is 2.41. The van der Waals surface area contributed by atoms with Gasteiger partial charge in [0.1, 0.15) is 0 Å². The second kappa shape index (κ2) is 6.28. The smallest absolute Gasteiger partial charge is 0.240 e. The largest absolute Gasteiger partial charge is 0.326 e. The number of hydrogen-bond donors (Lipinski definition) is 2. The van der Waals surface area contributed by atoms with E-state index in [1.807, 2.05) is 12.1 Å². The van der Waals surface area contributed by atoms with Crippen molar-refractivity contribution >= 4 is 21.6 Å². The van der Waals surface area contributed by atoms with Gasteiger partial charge in [-0.15, -0.1) is 0 Å². The summed E-state index contributed by atoms with van der Waals surface area (Å²) in [5.74, 6) is -0.0174. The van der Waals surface area contributed by atoms with Crippen molar-refractivity contribution in [3.05, 3.63) is 59.2 Å². The topological polar surface area (TPSA) is 75.3 Å². The summed E-state index contributed by atoms with van der Waals surface area (Å²) < 4.78 is 28.4. The molecule has 2 aromatic carbocycles. The Balaban J connectivity index is 1.55. The number of carbonyl (C=O) groups excluding carboxylic acids is 1. The molecule has 0 radical (unpaired) electrons. The first-order chi connectivity index (χ1) is 12.0. The van der Waals surface area contributed by atoms with Gasteiger partial charge in [-0.25, -0.2) is 13.1 Å². The van der Waals surface area contributed by atoms with Crippen LogP contribution in [0.3, 0.4) is 0 Å². The van der Waals surface area contributed by atoms with Crippen molar-refractivity contribution in [1.82, 2.24) is 4.72 Å². The lowest BCUT2D eigenvalue weighted by Crippen LogP contribution is -2.35. The zero-order valence-corrected chi connectivity index (χ0v) is 14.6. The fraction of sp³-hybridized carbons (Fsp3) is 0.316. The first kappa shape index (κ1) is 16.3. The van der Waals surface area contributed by atoms with Gasteiger partial charge in [-0.05, 0) is 60.6 Å². The van der Waals surface area contributed by atoms with Crippen molar-refractivity contribution in [2.75, 3.05) is 5.32 Å². The van der Waals surface area contributed by atoms with Crippen molar-refractivity contribution in [1.29, 1.82) is 0 Å². The van der Waals surface area contributed by atoms with Gasteiger partial charge in [-0.2, -0.15) is 0 Å². The minimum Gasteiger partial charge on any atom is -0.326 e. The van der Waals surface area contributed by atoms with Gasteiger partial charge in [0.25, 0.3) is 0 Å². The van der Waals surface area contributed by atoms with Gasteiger partial charge in [0.2, 0.25) is 15.9 Å². The molecule has 2 aliphatic rings. The number of sulfonamides is 1. The Kier molecular flexibility index (Phi) is 4.09. The highest BCUT2D eigenvalue weighted by atomic mass is 32.2. The molecule has 5 nitrogen and oxygen atoms in total. The summed E-state index contributed by atoms with van der Waals surface area (Å²) >= 11 is 0. The van der Waals surface area contributed by atoms with Crippen molar-refractivity contribution in [2.24, 2.45) is 0 Å². The van der Waals surface area contributed by atoms with Gasteiger partial charge < -0.3 is 5.32 Å². The number of anilines is 1. The predicted molar refractivity (Wildman–Crippen MR) is 96.0 cm³/mol. The lowest BCUT2D eigenvalue weighted by Gasteiger charge is -2.14. The van der Waals surface area contributed by atoms with E-state index in [2.05, 4.69) is 22.2 Å². The molecular formula is C19H20N2O3S. The minimum atomic E-state index is -3.58. The summed E-state index contributed by atoms with van der Waals surface area (Å²) in [6.45, 7) is 0. The van der Waals surface area contributed by atoms with E-state index >= 15 is 0 Å². The monoisotopic (exact) mass is 356 g/mol. The zero-order chi connectivity index (χ0) is 17.4.